The van der Waals surface area contributed by atoms with Crippen molar-refractivity contribution in [2.24, 2.45) is 4.99 Å². The molecular formula is C19H38IN3O3S. The fraction of sp³-hybridized carbons (Fsp3) is 0.895. The summed E-state index contributed by atoms with van der Waals surface area (Å²) in [6.45, 7) is 5.17. The van der Waals surface area contributed by atoms with E-state index in [2.05, 4.69) is 15.6 Å². The molecule has 0 spiro atoms. The SMILES string of the molecule is CCOC(=O)CCCCCCNC(=NC)NC1CCCC(S(=O)CC)C1.I. The lowest BCUT2D eigenvalue weighted by Crippen LogP contribution is -2.46. The zero-order valence-corrected chi connectivity index (χ0v) is 20.3. The molecule has 0 aromatic heterocycles. The lowest BCUT2D eigenvalue weighted by atomic mass is 9.95. The van der Waals surface area contributed by atoms with Crippen molar-refractivity contribution in [1.29, 1.82) is 0 Å². The Kier molecular flexibility index (Phi) is 16.3. The number of guanidine groups is 1. The van der Waals surface area contributed by atoms with Crippen LogP contribution in [0, 0.1) is 0 Å². The average Bonchev–Trinajstić information content (AvgIpc) is 2.66. The normalized spacial score (nSPS) is 21.1. The second-order valence-corrected chi connectivity index (χ2v) is 8.77. The van der Waals surface area contributed by atoms with Crippen molar-refractivity contribution >= 4 is 46.7 Å². The van der Waals surface area contributed by atoms with Crippen LogP contribution in [-0.2, 0) is 20.3 Å². The van der Waals surface area contributed by atoms with E-state index < -0.39 is 10.8 Å². The van der Waals surface area contributed by atoms with Crippen molar-refractivity contribution in [2.45, 2.75) is 82.9 Å². The molecule has 6 nitrogen and oxygen atoms in total. The van der Waals surface area contributed by atoms with Gasteiger partial charge in [-0.1, -0.05) is 26.2 Å². The highest BCUT2D eigenvalue weighted by Crippen LogP contribution is 2.22. The summed E-state index contributed by atoms with van der Waals surface area (Å²) in [7, 11) is 1.09. The maximum Gasteiger partial charge on any atom is 0.305 e. The first-order valence-corrected chi connectivity index (χ1v) is 11.5. The van der Waals surface area contributed by atoms with E-state index in [9.17, 15) is 9.00 Å². The van der Waals surface area contributed by atoms with Gasteiger partial charge in [-0.3, -0.25) is 14.0 Å². The summed E-state index contributed by atoms with van der Waals surface area (Å²) >= 11 is 0. The van der Waals surface area contributed by atoms with Crippen LogP contribution in [-0.4, -0.2) is 53.4 Å². The first kappa shape index (κ1) is 26.6. The molecular weight excluding hydrogens is 477 g/mol. The van der Waals surface area contributed by atoms with Crippen LogP contribution in [0.3, 0.4) is 0 Å². The van der Waals surface area contributed by atoms with Crippen LogP contribution in [0.4, 0.5) is 0 Å². The van der Waals surface area contributed by atoms with Crippen molar-refractivity contribution in [3.63, 3.8) is 0 Å². The number of hydrogen-bond donors (Lipinski definition) is 2. The van der Waals surface area contributed by atoms with Gasteiger partial charge in [0.1, 0.15) is 0 Å². The second kappa shape index (κ2) is 16.6. The first-order chi connectivity index (χ1) is 12.6. The minimum Gasteiger partial charge on any atom is -0.466 e. The van der Waals surface area contributed by atoms with Crippen LogP contribution in [0.25, 0.3) is 0 Å². The van der Waals surface area contributed by atoms with E-state index in [0.29, 0.717) is 24.3 Å². The molecule has 1 aliphatic rings. The second-order valence-electron chi connectivity index (χ2n) is 6.77. The number of halogens is 1. The maximum absolute atomic E-state index is 12.1. The number of carbonyl (C=O) groups is 1. The predicted octanol–water partition coefficient (Wildman–Crippen LogP) is 3.36. The Morgan fingerprint density at radius 3 is 2.59 bits per heavy atom. The quantitative estimate of drug-likeness (QED) is 0.145. The number of rotatable bonds is 11. The smallest absolute Gasteiger partial charge is 0.305 e. The summed E-state index contributed by atoms with van der Waals surface area (Å²) in [5.41, 5.74) is 0. The molecule has 0 aromatic rings. The van der Waals surface area contributed by atoms with Gasteiger partial charge in [-0.2, -0.15) is 0 Å². The Hall–Kier alpha value is -0.380. The van der Waals surface area contributed by atoms with E-state index in [1.54, 1.807) is 7.05 Å². The molecule has 3 unspecified atom stereocenters. The van der Waals surface area contributed by atoms with E-state index >= 15 is 0 Å². The molecule has 160 valence electrons. The minimum atomic E-state index is -0.699. The monoisotopic (exact) mass is 515 g/mol. The molecule has 0 aliphatic heterocycles. The van der Waals surface area contributed by atoms with E-state index in [1.807, 2.05) is 13.8 Å². The fourth-order valence-corrected chi connectivity index (χ4v) is 4.67. The van der Waals surface area contributed by atoms with Crippen LogP contribution in [0.2, 0.25) is 0 Å². The Morgan fingerprint density at radius 2 is 1.93 bits per heavy atom. The highest BCUT2D eigenvalue weighted by molar-refractivity contribution is 14.0. The van der Waals surface area contributed by atoms with E-state index in [1.165, 1.54) is 0 Å². The summed E-state index contributed by atoms with van der Waals surface area (Å²) in [6.07, 6.45) is 8.89. The molecule has 27 heavy (non-hydrogen) atoms. The Balaban J connectivity index is 0.00000676. The van der Waals surface area contributed by atoms with E-state index in [4.69, 9.17) is 4.74 Å². The van der Waals surface area contributed by atoms with E-state index in [-0.39, 0.29) is 29.9 Å². The van der Waals surface area contributed by atoms with Crippen molar-refractivity contribution in [3.8, 4) is 0 Å². The van der Waals surface area contributed by atoms with Crippen LogP contribution >= 0.6 is 24.0 Å². The number of esters is 1. The van der Waals surface area contributed by atoms with Gasteiger partial charge in [0.2, 0.25) is 0 Å². The van der Waals surface area contributed by atoms with E-state index in [0.717, 1.165) is 69.6 Å². The van der Waals surface area contributed by atoms with Gasteiger partial charge in [-0.05, 0) is 39.0 Å². The molecule has 0 amide bonds. The number of nitrogens with zero attached hydrogens (tertiary/aromatic N) is 1. The molecule has 0 bridgehead atoms. The highest BCUT2D eigenvalue weighted by atomic mass is 127. The molecule has 3 atom stereocenters. The summed E-state index contributed by atoms with van der Waals surface area (Å²) < 4.78 is 17.0. The van der Waals surface area contributed by atoms with Gasteiger partial charge in [0.05, 0.1) is 6.61 Å². The number of carbonyl (C=O) groups excluding carboxylic acids is 1. The predicted molar refractivity (Wildman–Crippen MR) is 124 cm³/mol. The fourth-order valence-electron chi connectivity index (χ4n) is 3.33. The zero-order valence-electron chi connectivity index (χ0n) is 17.1. The Bertz CT molecular complexity index is 463. The molecule has 2 N–H and O–H groups in total. The number of unbranched alkanes of at least 4 members (excludes halogenated alkanes) is 3. The standard InChI is InChI=1S/C19H37N3O3S.HI/c1-4-25-18(23)13-8-6-7-9-14-21-19(20-3)22-16-11-10-12-17(15-16)26(24)5-2;/h16-17H,4-15H2,1-3H3,(H2,20,21,22);1H. The zero-order chi connectivity index (χ0) is 19.2. The highest BCUT2D eigenvalue weighted by Gasteiger charge is 2.25. The largest absolute Gasteiger partial charge is 0.466 e. The molecule has 0 heterocycles. The molecule has 1 saturated carbocycles. The number of aliphatic imine (C=N–C) groups is 1. The van der Waals surface area contributed by atoms with Gasteiger partial charge in [-0.15, -0.1) is 24.0 Å². The van der Waals surface area contributed by atoms with Gasteiger partial charge in [0.25, 0.3) is 0 Å². The van der Waals surface area contributed by atoms with Gasteiger partial charge in [0, 0.05) is 47.9 Å². The van der Waals surface area contributed by atoms with Crippen molar-refractivity contribution in [2.75, 3.05) is 26.0 Å². The first-order valence-electron chi connectivity index (χ1n) is 10.1. The minimum absolute atomic E-state index is 0. The van der Waals surface area contributed by atoms with Crippen LogP contribution in [0.15, 0.2) is 4.99 Å². The lowest BCUT2D eigenvalue weighted by molar-refractivity contribution is -0.143. The number of ether oxygens (including phenoxy) is 1. The average molecular weight is 516 g/mol. The van der Waals surface area contributed by atoms with Crippen LogP contribution in [0.5, 0.6) is 0 Å². The third-order valence-corrected chi connectivity index (χ3v) is 6.49. The third kappa shape index (κ3) is 11.9. The van der Waals surface area contributed by atoms with Gasteiger partial charge < -0.3 is 15.4 Å². The van der Waals surface area contributed by atoms with Crippen molar-refractivity contribution < 1.29 is 13.7 Å². The molecule has 1 fully saturated rings. The number of nitrogens with one attached hydrogen (secondary N) is 2. The van der Waals surface area contributed by atoms with Gasteiger partial charge in [-0.25, -0.2) is 0 Å². The number of hydrogen-bond acceptors (Lipinski definition) is 4. The summed E-state index contributed by atoms with van der Waals surface area (Å²) in [6, 6.07) is 0.361. The Morgan fingerprint density at radius 1 is 1.19 bits per heavy atom. The summed E-state index contributed by atoms with van der Waals surface area (Å²) in [5, 5.41) is 7.18. The van der Waals surface area contributed by atoms with Crippen molar-refractivity contribution in [1.82, 2.24) is 10.6 Å². The maximum atomic E-state index is 12.1. The third-order valence-electron chi connectivity index (χ3n) is 4.75. The van der Waals surface area contributed by atoms with Gasteiger partial charge in [0.15, 0.2) is 5.96 Å². The van der Waals surface area contributed by atoms with Crippen LogP contribution in [0.1, 0.15) is 71.6 Å². The topological polar surface area (TPSA) is 79.8 Å². The van der Waals surface area contributed by atoms with Crippen molar-refractivity contribution in [3.05, 3.63) is 0 Å². The Labute approximate surface area is 184 Å². The summed E-state index contributed by atoms with van der Waals surface area (Å²) in [5.74, 6) is 1.50. The molecule has 0 saturated heterocycles. The summed E-state index contributed by atoms with van der Waals surface area (Å²) in [4.78, 5) is 15.6. The molecule has 0 radical (unpaired) electrons. The molecule has 0 aromatic carbocycles. The molecule has 1 rings (SSSR count). The molecule has 8 heteroatoms. The molecule has 1 aliphatic carbocycles. The van der Waals surface area contributed by atoms with Gasteiger partial charge >= 0.3 is 5.97 Å². The van der Waals surface area contributed by atoms with Crippen LogP contribution < -0.4 is 10.6 Å². The lowest BCUT2D eigenvalue weighted by Gasteiger charge is -2.30.